The van der Waals surface area contributed by atoms with Crippen LogP contribution in [0.2, 0.25) is 0 Å². The number of hydrogen-bond acceptors (Lipinski definition) is 5. The van der Waals surface area contributed by atoms with Crippen LogP contribution in [0.5, 0.6) is 0 Å². The Hall–Kier alpha value is -4.01. The summed E-state index contributed by atoms with van der Waals surface area (Å²) in [5.41, 5.74) is 0.406. The summed E-state index contributed by atoms with van der Waals surface area (Å²) in [6.45, 7) is 1.60. The molecule has 1 unspecified atom stereocenters. The van der Waals surface area contributed by atoms with Crippen molar-refractivity contribution in [3.05, 3.63) is 81.5 Å². The average molecular weight is 397 g/mol. The molecule has 2 amide bonds. The van der Waals surface area contributed by atoms with Gasteiger partial charge in [-0.1, -0.05) is 25.1 Å². The summed E-state index contributed by atoms with van der Waals surface area (Å²) in [5, 5.41) is 24.7. The van der Waals surface area contributed by atoms with Gasteiger partial charge in [0.15, 0.2) is 0 Å². The van der Waals surface area contributed by atoms with E-state index in [1.54, 1.807) is 37.3 Å². The molecule has 0 radical (unpaired) electrons. The zero-order chi connectivity index (χ0) is 21.4. The van der Waals surface area contributed by atoms with Gasteiger partial charge in [0, 0.05) is 17.7 Å². The number of carbonyl (C=O) groups is 3. The molecule has 9 nitrogen and oxygen atoms in total. The zero-order valence-electron chi connectivity index (χ0n) is 15.5. The van der Waals surface area contributed by atoms with E-state index in [1.165, 1.54) is 30.3 Å². The predicted molar refractivity (Wildman–Crippen MR) is 105 cm³/mol. The van der Waals surface area contributed by atoms with Gasteiger partial charge in [0.05, 0.1) is 4.92 Å². The molecule has 2 rings (SSSR count). The van der Waals surface area contributed by atoms with Crippen molar-refractivity contribution in [3.8, 4) is 0 Å². The fourth-order valence-corrected chi connectivity index (χ4v) is 2.38. The number of carboxylic acid groups (broad SMARTS) is 1. The summed E-state index contributed by atoms with van der Waals surface area (Å²) in [4.78, 5) is 46.5. The maximum absolute atomic E-state index is 12.6. The first-order valence-corrected chi connectivity index (χ1v) is 8.68. The Kier molecular flexibility index (Phi) is 7.19. The van der Waals surface area contributed by atoms with Crippen molar-refractivity contribution >= 4 is 29.5 Å². The van der Waals surface area contributed by atoms with Gasteiger partial charge in [-0.05, 0) is 42.3 Å². The van der Waals surface area contributed by atoms with Gasteiger partial charge in [-0.15, -0.1) is 0 Å². The molecule has 0 saturated heterocycles. The van der Waals surface area contributed by atoms with Gasteiger partial charge in [0.2, 0.25) is 0 Å². The largest absolute Gasteiger partial charge is 0.480 e. The topological polar surface area (TPSA) is 139 Å². The number of nitro groups is 1. The molecule has 9 heteroatoms. The maximum Gasteiger partial charge on any atom is 0.326 e. The third kappa shape index (κ3) is 5.99. The first kappa shape index (κ1) is 21.3. The molecule has 2 aromatic carbocycles. The van der Waals surface area contributed by atoms with Gasteiger partial charge < -0.3 is 15.7 Å². The molecular formula is C20H19N3O6. The van der Waals surface area contributed by atoms with Crippen LogP contribution in [0.3, 0.4) is 0 Å². The van der Waals surface area contributed by atoms with Crippen molar-refractivity contribution in [1.82, 2.24) is 10.6 Å². The van der Waals surface area contributed by atoms with E-state index in [0.29, 0.717) is 11.1 Å². The highest BCUT2D eigenvalue weighted by Gasteiger charge is 2.21. The number of benzene rings is 2. The van der Waals surface area contributed by atoms with E-state index in [9.17, 15) is 24.5 Å². The van der Waals surface area contributed by atoms with Crippen molar-refractivity contribution < 1.29 is 24.4 Å². The van der Waals surface area contributed by atoms with E-state index in [-0.39, 0.29) is 17.8 Å². The molecule has 0 aliphatic carbocycles. The molecule has 0 spiro atoms. The van der Waals surface area contributed by atoms with Crippen LogP contribution in [0.1, 0.15) is 29.3 Å². The number of non-ortho nitro benzene ring substituents is 1. The highest BCUT2D eigenvalue weighted by molar-refractivity contribution is 6.06. The number of carboxylic acids is 1. The second-order valence-corrected chi connectivity index (χ2v) is 6.00. The van der Waals surface area contributed by atoms with E-state index in [4.69, 9.17) is 5.11 Å². The second kappa shape index (κ2) is 9.79. The smallest absolute Gasteiger partial charge is 0.326 e. The zero-order valence-corrected chi connectivity index (χ0v) is 15.5. The van der Waals surface area contributed by atoms with Crippen molar-refractivity contribution in [3.63, 3.8) is 0 Å². The van der Waals surface area contributed by atoms with E-state index < -0.39 is 28.7 Å². The SMILES string of the molecule is CCC(NC(=O)/C(=C/c1ccc([N+](=O)[O-])cc1)NC(=O)c1ccccc1)C(=O)O. The van der Waals surface area contributed by atoms with E-state index >= 15 is 0 Å². The van der Waals surface area contributed by atoms with Crippen LogP contribution < -0.4 is 10.6 Å². The summed E-state index contributed by atoms with van der Waals surface area (Å²) in [6, 6.07) is 12.4. The Morgan fingerprint density at radius 2 is 1.72 bits per heavy atom. The summed E-state index contributed by atoms with van der Waals surface area (Å²) >= 11 is 0. The molecule has 0 bridgehead atoms. The van der Waals surface area contributed by atoms with Crippen LogP contribution in [0.25, 0.3) is 6.08 Å². The van der Waals surface area contributed by atoms with Gasteiger partial charge >= 0.3 is 5.97 Å². The standard InChI is InChI=1S/C20H19N3O6/c1-2-16(20(26)27)21-19(25)17(22-18(24)14-6-4-3-5-7-14)12-13-8-10-15(11-9-13)23(28)29/h3-12,16H,2H2,1H3,(H,21,25)(H,22,24)(H,26,27)/b17-12-. The number of nitro benzene ring substituents is 1. The van der Waals surface area contributed by atoms with Crippen molar-refractivity contribution in [2.45, 2.75) is 19.4 Å². The molecule has 3 N–H and O–H groups in total. The molecule has 0 aliphatic rings. The first-order valence-electron chi connectivity index (χ1n) is 8.68. The van der Waals surface area contributed by atoms with Crippen molar-refractivity contribution in [2.75, 3.05) is 0 Å². The highest BCUT2D eigenvalue weighted by Crippen LogP contribution is 2.14. The summed E-state index contributed by atoms with van der Waals surface area (Å²) in [5.74, 6) is -2.55. The van der Waals surface area contributed by atoms with Gasteiger partial charge in [-0.25, -0.2) is 4.79 Å². The Bertz CT molecular complexity index is 938. The minimum Gasteiger partial charge on any atom is -0.480 e. The maximum atomic E-state index is 12.6. The Morgan fingerprint density at radius 3 is 2.24 bits per heavy atom. The summed E-state index contributed by atoms with van der Waals surface area (Å²) < 4.78 is 0. The second-order valence-electron chi connectivity index (χ2n) is 6.00. The lowest BCUT2D eigenvalue weighted by atomic mass is 10.1. The average Bonchev–Trinajstić information content (AvgIpc) is 2.72. The molecule has 29 heavy (non-hydrogen) atoms. The number of amides is 2. The molecule has 0 aliphatic heterocycles. The van der Waals surface area contributed by atoms with Crippen LogP contribution in [-0.4, -0.2) is 33.9 Å². The number of hydrogen-bond donors (Lipinski definition) is 3. The first-order chi connectivity index (χ1) is 13.8. The Morgan fingerprint density at radius 1 is 1.10 bits per heavy atom. The van der Waals surface area contributed by atoms with E-state index in [1.807, 2.05) is 0 Å². The Labute approximate surface area is 166 Å². The number of carbonyl (C=O) groups excluding carboxylic acids is 2. The van der Waals surface area contributed by atoms with Gasteiger partial charge in [-0.3, -0.25) is 19.7 Å². The Balaban J connectivity index is 2.33. The fraction of sp³-hybridized carbons (Fsp3) is 0.150. The lowest BCUT2D eigenvalue weighted by Gasteiger charge is -2.15. The third-order valence-corrected chi connectivity index (χ3v) is 3.96. The quantitative estimate of drug-likeness (QED) is 0.355. The normalized spacial score (nSPS) is 12.0. The van der Waals surface area contributed by atoms with Crippen LogP contribution in [0.15, 0.2) is 60.3 Å². The third-order valence-electron chi connectivity index (χ3n) is 3.96. The lowest BCUT2D eigenvalue weighted by Crippen LogP contribution is -2.44. The number of nitrogens with zero attached hydrogens (tertiary/aromatic N) is 1. The molecule has 150 valence electrons. The van der Waals surface area contributed by atoms with Crippen LogP contribution in [0.4, 0.5) is 5.69 Å². The van der Waals surface area contributed by atoms with Crippen LogP contribution in [0, 0.1) is 10.1 Å². The predicted octanol–water partition coefficient (Wildman–Crippen LogP) is 2.35. The molecule has 1 atom stereocenters. The number of aliphatic carboxylic acids is 1. The number of nitrogens with one attached hydrogen (secondary N) is 2. The van der Waals surface area contributed by atoms with E-state index in [2.05, 4.69) is 10.6 Å². The molecule has 0 heterocycles. The lowest BCUT2D eigenvalue weighted by molar-refractivity contribution is -0.384. The fourth-order valence-electron chi connectivity index (χ4n) is 2.38. The van der Waals surface area contributed by atoms with Crippen molar-refractivity contribution in [2.24, 2.45) is 0 Å². The summed E-state index contributed by atoms with van der Waals surface area (Å²) in [7, 11) is 0. The van der Waals surface area contributed by atoms with Crippen molar-refractivity contribution in [1.29, 1.82) is 0 Å². The van der Waals surface area contributed by atoms with E-state index in [0.717, 1.165) is 0 Å². The summed E-state index contributed by atoms with van der Waals surface area (Å²) in [6.07, 6.45) is 1.47. The molecular weight excluding hydrogens is 378 g/mol. The molecule has 2 aromatic rings. The monoisotopic (exact) mass is 397 g/mol. The molecule has 0 fully saturated rings. The number of rotatable bonds is 8. The minimum atomic E-state index is -1.20. The van der Waals surface area contributed by atoms with Gasteiger partial charge in [-0.2, -0.15) is 0 Å². The van der Waals surface area contributed by atoms with Gasteiger partial charge in [0.1, 0.15) is 11.7 Å². The molecule has 0 aromatic heterocycles. The minimum absolute atomic E-state index is 0.126. The van der Waals surface area contributed by atoms with Gasteiger partial charge in [0.25, 0.3) is 17.5 Å². The van der Waals surface area contributed by atoms with Crippen LogP contribution in [-0.2, 0) is 9.59 Å². The van der Waals surface area contributed by atoms with Crippen LogP contribution >= 0.6 is 0 Å². The highest BCUT2D eigenvalue weighted by atomic mass is 16.6. The molecule has 0 saturated carbocycles.